The third-order valence-corrected chi connectivity index (χ3v) is 6.35. The third-order valence-electron chi connectivity index (χ3n) is 4.34. The molecule has 6 nitrogen and oxygen atoms in total. The molecule has 0 aliphatic carbocycles. The van der Waals surface area contributed by atoms with Gasteiger partial charge in [0.25, 0.3) is 0 Å². The van der Waals surface area contributed by atoms with Gasteiger partial charge in [-0.3, -0.25) is 0 Å². The van der Waals surface area contributed by atoms with Crippen molar-refractivity contribution in [1.82, 2.24) is 20.2 Å². The summed E-state index contributed by atoms with van der Waals surface area (Å²) in [5.41, 5.74) is 0. The van der Waals surface area contributed by atoms with E-state index in [0.717, 1.165) is 16.2 Å². The zero-order valence-electron chi connectivity index (χ0n) is 14.4. The van der Waals surface area contributed by atoms with Gasteiger partial charge < -0.3 is 9.80 Å². The van der Waals surface area contributed by atoms with Crippen molar-refractivity contribution in [3.05, 3.63) is 22.3 Å². The summed E-state index contributed by atoms with van der Waals surface area (Å²) in [7, 11) is 0. The minimum absolute atomic E-state index is 0.103. The van der Waals surface area contributed by atoms with E-state index in [1.165, 1.54) is 17.7 Å². The maximum atomic E-state index is 13.7. The third kappa shape index (κ3) is 3.26. The van der Waals surface area contributed by atoms with Crippen molar-refractivity contribution in [2.24, 2.45) is 0 Å². The number of rotatable bonds is 3. The largest absolute Gasteiger partial charge is 0.458 e. The van der Waals surface area contributed by atoms with Crippen molar-refractivity contribution in [3.63, 3.8) is 0 Å². The lowest BCUT2D eigenvalue weighted by Gasteiger charge is -2.35. The van der Waals surface area contributed by atoms with E-state index < -0.39 is 17.0 Å². The molecule has 4 rings (SSSR count). The summed E-state index contributed by atoms with van der Waals surface area (Å²) in [6.07, 6.45) is -4.48. The van der Waals surface area contributed by atoms with Crippen LogP contribution in [-0.2, 0) is 5.92 Å². The summed E-state index contributed by atoms with van der Waals surface area (Å²) in [6, 6.07) is 0.850. The van der Waals surface area contributed by atoms with Crippen LogP contribution in [0.1, 0.15) is 9.88 Å². The number of hydrogen-bond acceptors (Lipinski definition) is 8. The van der Waals surface area contributed by atoms with Crippen LogP contribution >= 0.6 is 22.7 Å². The highest BCUT2D eigenvalue weighted by Crippen LogP contribution is 2.48. The number of halogens is 5. The Labute approximate surface area is 163 Å². The number of nitrogens with zero attached hydrogens (tertiary/aromatic N) is 6. The molecule has 0 bridgehead atoms. The monoisotopic (exact) mass is 436 g/mol. The molecule has 13 heteroatoms. The van der Waals surface area contributed by atoms with Crippen LogP contribution in [0.15, 0.2) is 12.4 Å². The number of thiophene rings is 1. The van der Waals surface area contributed by atoms with Crippen molar-refractivity contribution in [2.45, 2.75) is 19.0 Å². The van der Waals surface area contributed by atoms with Crippen LogP contribution in [0, 0.1) is 6.92 Å². The lowest BCUT2D eigenvalue weighted by molar-refractivity contribution is -0.287. The Balaban J connectivity index is 1.60. The second kappa shape index (κ2) is 6.72. The van der Waals surface area contributed by atoms with Crippen LogP contribution in [0.5, 0.6) is 0 Å². The van der Waals surface area contributed by atoms with Crippen LogP contribution in [0.2, 0.25) is 0 Å². The molecule has 0 radical (unpaired) electrons. The van der Waals surface area contributed by atoms with E-state index in [0.29, 0.717) is 43.3 Å². The van der Waals surface area contributed by atoms with Crippen molar-refractivity contribution in [3.8, 4) is 0 Å². The standard InChI is InChI=1S/C15H13F5N6S2/c1-8-23-24-13(27-8)26-4-2-25(3-5-26)11-9-6-10(14(16,17)15(18,19)20)28-12(9)22-7-21-11/h6-7H,2-5H2,1H3. The molecule has 1 saturated heterocycles. The molecule has 1 fully saturated rings. The zero-order valence-corrected chi connectivity index (χ0v) is 16.0. The molecule has 0 amide bonds. The number of aryl methyl sites for hydroxylation is 1. The van der Waals surface area contributed by atoms with Gasteiger partial charge >= 0.3 is 12.1 Å². The highest BCUT2D eigenvalue weighted by atomic mass is 32.1. The SMILES string of the molecule is Cc1nnc(N2CCN(c3ncnc4sc(C(F)(F)C(F)(F)F)cc34)CC2)s1. The number of alkyl halides is 5. The van der Waals surface area contributed by atoms with Crippen LogP contribution in [-0.4, -0.2) is 52.5 Å². The van der Waals surface area contributed by atoms with Gasteiger partial charge in [-0.1, -0.05) is 11.3 Å². The second-order valence-electron chi connectivity index (χ2n) is 6.18. The fraction of sp³-hybridized carbons (Fsp3) is 0.467. The predicted octanol–water partition coefficient (Wildman–Crippen LogP) is 3.83. The second-order valence-corrected chi connectivity index (χ2v) is 8.37. The molecule has 4 heterocycles. The summed E-state index contributed by atoms with van der Waals surface area (Å²) in [4.78, 5) is 10.9. The van der Waals surface area contributed by atoms with Crippen LogP contribution < -0.4 is 9.80 Å². The Morgan fingerprint density at radius 2 is 1.61 bits per heavy atom. The fourth-order valence-corrected chi connectivity index (χ4v) is 4.64. The number of aromatic nitrogens is 4. The van der Waals surface area contributed by atoms with E-state index in [9.17, 15) is 22.0 Å². The van der Waals surface area contributed by atoms with Gasteiger partial charge in [-0.25, -0.2) is 9.97 Å². The van der Waals surface area contributed by atoms with Gasteiger partial charge in [-0.05, 0) is 13.0 Å². The number of anilines is 2. The number of piperazine rings is 1. The molecule has 0 atom stereocenters. The molecule has 0 aromatic carbocycles. The van der Waals surface area contributed by atoms with Crippen LogP contribution in [0.4, 0.5) is 32.9 Å². The quantitative estimate of drug-likeness (QED) is 0.582. The predicted molar refractivity (Wildman–Crippen MR) is 96.4 cm³/mol. The summed E-state index contributed by atoms with van der Waals surface area (Å²) in [5.74, 6) is -4.57. The van der Waals surface area contributed by atoms with E-state index in [2.05, 4.69) is 25.1 Å². The smallest absolute Gasteiger partial charge is 0.352 e. The summed E-state index contributed by atoms with van der Waals surface area (Å²) >= 11 is 1.81. The Morgan fingerprint density at radius 1 is 0.929 bits per heavy atom. The molecular weight excluding hydrogens is 423 g/mol. The first-order valence-corrected chi connectivity index (χ1v) is 9.79. The molecule has 1 aliphatic rings. The molecule has 28 heavy (non-hydrogen) atoms. The summed E-state index contributed by atoms with van der Waals surface area (Å²) in [6.45, 7) is 4.11. The Kier molecular flexibility index (Phi) is 4.61. The van der Waals surface area contributed by atoms with E-state index in [1.54, 1.807) is 0 Å². The Bertz CT molecular complexity index is 992. The molecule has 0 unspecified atom stereocenters. The van der Waals surface area contributed by atoms with E-state index in [4.69, 9.17) is 0 Å². The maximum Gasteiger partial charge on any atom is 0.458 e. The van der Waals surface area contributed by atoms with Crippen LogP contribution in [0.25, 0.3) is 10.2 Å². The topological polar surface area (TPSA) is 58.0 Å². The summed E-state index contributed by atoms with van der Waals surface area (Å²) in [5, 5.41) is 9.94. The Hall–Kier alpha value is -2.15. The van der Waals surface area contributed by atoms with Gasteiger partial charge in [0.05, 0.1) is 10.3 Å². The zero-order chi connectivity index (χ0) is 20.1. The highest BCUT2D eigenvalue weighted by Gasteiger charge is 2.59. The van der Waals surface area contributed by atoms with Crippen molar-refractivity contribution in [1.29, 1.82) is 0 Å². The first kappa shape index (κ1) is 19.2. The van der Waals surface area contributed by atoms with E-state index in [-0.39, 0.29) is 10.2 Å². The molecule has 0 saturated carbocycles. The van der Waals surface area contributed by atoms with Gasteiger partial charge in [0.15, 0.2) is 0 Å². The molecule has 0 N–H and O–H groups in total. The van der Waals surface area contributed by atoms with Crippen molar-refractivity contribution in [2.75, 3.05) is 36.0 Å². The van der Waals surface area contributed by atoms with Crippen LogP contribution in [0.3, 0.4) is 0 Å². The van der Waals surface area contributed by atoms with Gasteiger partial charge in [0.1, 0.15) is 22.0 Å². The number of hydrogen-bond donors (Lipinski definition) is 0. The maximum absolute atomic E-state index is 13.7. The highest BCUT2D eigenvalue weighted by molar-refractivity contribution is 7.18. The molecular formula is C15H13F5N6S2. The van der Waals surface area contributed by atoms with E-state index in [1.807, 2.05) is 11.8 Å². The lowest BCUT2D eigenvalue weighted by atomic mass is 10.2. The van der Waals surface area contributed by atoms with E-state index >= 15 is 0 Å². The minimum atomic E-state index is -5.66. The Morgan fingerprint density at radius 3 is 2.21 bits per heavy atom. The fourth-order valence-electron chi connectivity index (χ4n) is 2.91. The first-order valence-electron chi connectivity index (χ1n) is 8.16. The van der Waals surface area contributed by atoms with Gasteiger partial charge in [0.2, 0.25) is 5.13 Å². The normalized spacial score (nSPS) is 16.2. The minimum Gasteiger partial charge on any atom is -0.352 e. The molecule has 3 aromatic heterocycles. The lowest BCUT2D eigenvalue weighted by Crippen LogP contribution is -2.46. The van der Waals surface area contributed by atoms with Gasteiger partial charge in [-0.15, -0.1) is 21.5 Å². The van der Waals surface area contributed by atoms with Gasteiger partial charge in [0, 0.05) is 26.2 Å². The molecule has 3 aromatic rings. The molecule has 150 valence electrons. The molecule has 0 spiro atoms. The summed E-state index contributed by atoms with van der Waals surface area (Å²) < 4.78 is 65.6. The number of fused-ring (bicyclic) bond motifs is 1. The molecule has 1 aliphatic heterocycles. The average Bonchev–Trinajstić information content (AvgIpc) is 3.27. The average molecular weight is 436 g/mol. The van der Waals surface area contributed by atoms with Gasteiger partial charge in [-0.2, -0.15) is 22.0 Å². The first-order chi connectivity index (χ1) is 13.2. The van der Waals surface area contributed by atoms with Crippen molar-refractivity contribution < 1.29 is 22.0 Å². The van der Waals surface area contributed by atoms with Crippen molar-refractivity contribution >= 4 is 43.8 Å².